The number of amides is 1. The smallest absolute Gasteiger partial charge is 0.239 e. The lowest BCUT2D eigenvalue weighted by Gasteiger charge is -2.26. The molecule has 0 radical (unpaired) electrons. The first-order valence-corrected chi connectivity index (χ1v) is 6.61. The highest BCUT2D eigenvalue weighted by Crippen LogP contribution is 2.24. The molecule has 1 amide bonds. The van der Waals surface area contributed by atoms with Crippen LogP contribution in [-0.2, 0) is 4.79 Å². The van der Waals surface area contributed by atoms with Crippen molar-refractivity contribution < 1.29 is 4.79 Å². The van der Waals surface area contributed by atoms with Gasteiger partial charge < -0.3 is 10.2 Å². The van der Waals surface area contributed by atoms with E-state index in [1.54, 1.807) is 11.3 Å². The molecule has 1 N–H and O–H groups in total. The van der Waals surface area contributed by atoms with Gasteiger partial charge in [0.1, 0.15) is 0 Å². The molecule has 1 aliphatic rings. The first kappa shape index (κ1) is 11.6. The summed E-state index contributed by atoms with van der Waals surface area (Å²) in [5.74, 6) is 0.221. The van der Waals surface area contributed by atoms with Gasteiger partial charge in [-0.15, -0.1) is 11.3 Å². The number of rotatable bonds is 3. The van der Waals surface area contributed by atoms with E-state index >= 15 is 0 Å². The zero-order valence-electron chi connectivity index (χ0n) is 9.77. The highest BCUT2D eigenvalue weighted by molar-refractivity contribution is 7.10. The summed E-state index contributed by atoms with van der Waals surface area (Å²) >= 11 is 1.71. The predicted octanol–water partition coefficient (Wildman–Crippen LogP) is 2.02. The second-order valence-corrected chi connectivity index (χ2v) is 5.27. The maximum Gasteiger partial charge on any atom is 0.239 e. The van der Waals surface area contributed by atoms with Crippen molar-refractivity contribution in [2.75, 3.05) is 13.6 Å². The largest absolute Gasteiger partial charge is 0.337 e. The summed E-state index contributed by atoms with van der Waals surface area (Å²) in [6, 6.07) is 4.33. The SMILES string of the molecule is CC(c1cccs1)N(C)C(=O)[C@@H]1CCCN1. The molecule has 0 aromatic carbocycles. The van der Waals surface area contributed by atoms with Crippen LogP contribution in [0.1, 0.15) is 30.7 Å². The summed E-state index contributed by atoms with van der Waals surface area (Å²) in [5.41, 5.74) is 0. The van der Waals surface area contributed by atoms with E-state index < -0.39 is 0 Å². The van der Waals surface area contributed by atoms with Gasteiger partial charge in [0, 0.05) is 11.9 Å². The fourth-order valence-corrected chi connectivity index (χ4v) is 2.88. The molecule has 88 valence electrons. The molecular weight excluding hydrogens is 220 g/mol. The fraction of sp³-hybridized carbons (Fsp3) is 0.583. The van der Waals surface area contributed by atoms with Crippen molar-refractivity contribution >= 4 is 17.2 Å². The maximum absolute atomic E-state index is 12.2. The van der Waals surface area contributed by atoms with Crippen molar-refractivity contribution in [3.8, 4) is 0 Å². The number of carbonyl (C=O) groups excluding carboxylic acids is 1. The minimum Gasteiger partial charge on any atom is -0.337 e. The standard InChI is InChI=1S/C12H18N2OS/c1-9(11-6-4-8-16-11)14(2)12(15)10-5-3-7-13-10/h4,6,8-10,13H,3,5,7H2,1-2H3/t9?,10-/m0/s1. The van der Waals surface area contributed by atoms with Crippen LogP contribution in [-0.4, -0.2) is 30.4 Å². The lowest BCUT2D eigenvalue weighted by Crippen LogP contribution is -2.42. The van der Waals surface area contributed by atoms with Crippen LogP contribution in [0, 0.1) is 0 Å². The second-order valence-electron chi connectivity index (χ2n) is 4.29. The van der Waals surface area contributed by atoms with Crippen LogP contribution in [0.5, 0.6) is 0 Å². The van der Waals surface area contributed by atoms with Crippen molar-refractivity contribution in [2.24, 2.45) is 0 Å². The highest BCUT2D eigenvalue weighted by Gasteiger charge is 2.27. The average Bonchev–Trinajstić information content (AvgIpc) is 2.97. The number of nitrogens with zero attached hydrogens (tertiary/aromatic N) is 1. The molecule has 3 nitrogen and oxygen atoms in total. The van der Waals surface area contributed by atoms with Crippen LogP contribution in [0.25, 0.3) is 0 Å². The van der Waals surface area contributed by atoms with Gasteiger partial charge in [-0.25, -0.2) is 0 Å². The molecule has 2 heterocycles. The van der Waals surface area contributed by atoms with Gasteiger partial charge >= 0.3 is 0 Å². The zero-order valence-corrected chi connectivity index (χ0v) is 10.6. The Labute approximate surface area is 100 Å². The lowest BCUT2D eigenvalue weighted by atomic mass is 10.1. The van der Waals surface area contributed by atoms with Crippen LogP contribution < -0.4 is 5.32 Å². The number of carbonyl (C=O) groups is 1. The first-order chi connectivity index (χ1) is 7.70. The van der Waals surface area contributed by atoms with Gasteiger partial charge in [0.25, 0.3) is 0 Å². The normalized spacial score (nSPS) is 22.0. The maximum atomic E-state index is 12.2. The molecule has 2 atom stereocenters. The van der Waals surface area contributed by atoms with E-state index in [4.69, 9.17) is 0 Å². The summed E-state index contributed by atoms with van der Waals surface area (Å²) in [6.45, 7) is 3.05. The molecule has 0 saturated carbocycles. The van der Waals surface area contributed by atoms with Crippen LogP contribution in [0.4, 0.5) is 0 Å². The van der Waals surface area contributed by atoms with E-state index in [9.17, 15) is 4.79 Å². The summed E-state index contributed by atoms with van der Waals surface area (Å²) in [5, 5.41) is 5.30. The minimum absolute atomic E-state index is 0.0346. The van der Waals surface area contributed by atoms with Gasteiger partial charge in [-0.1, -0.05) is 6.07 Å². The quantitative estimate of drug-likeness (QED) is 0.873. The van der Waals surface area contributed by atoms with Crippen LogP contribution in [0.2, 0.25) is 0 Å². The molecule has 0 bridgehead atoms. The van der Waals surface area contributed by atoms with E-state index in [0.717, 1.165) is 19.4 Å². The van der Waals surface area contributed by atoms with Crippen LogP contribution in [0.15, 0.2) is 17.5 Å². The van der Waals surface area contributed by atoms with E-state index in [1.165, 1.54) is 4.88 Å². The third-order valence-electron chi connectivity index (χ3n) is 3.24. The Morgan fingerprint density at radius 3 is 3.06 bits per heavy atom. The molecule has 16 heavy (non-hydrogen) atoms. The van der Waals surface area contributed by atoms with E-state index in [2.05, 4.69) is 23.7 Å². The molecular formula is C12H18N2OS. The monoisotopic (exact) mass is 238 g/mol. The predicted molar refractivity (Wildman–Crippen MR) is 66.5 cm³/mol. The van der Waals surface area contributed by atoms with E-state index in [1.807, 2.05) is 18.0 Å². The van der Waals surface area contributed by atoms with Gasteiger partial charge in [0.05, 0.1) is 12.1 Å². The first-order valence-electron chi connectivity index (χ1n) is 5.73. The zero-order chi connectivity index (χ0) is 11.5. The summed E-state index contributed by atoms with van der Waals surface area (Å²) in [7, 11) is 1.90. The Morgan fingerprint density at radius 1 is 1.69 bits per heavy atom. The molecule has 1 unspecified atom stereocenters. The average molecular weight is 238 g/mol. The summed E-state index contributed by atoms with van der Waals surface area (Å²) in [6.07, 6.45) is 2.08. The Bertz CT molecular complexity index is 344. The third-order valence-corrected chi connectivity index (χ3v) is 4.28. The summed E-state index contributed by atoms with van der Waals surface area (Å²) < 4.78 is 0. The summed E-state index contributed by atoms with van der Waals surface area (Å²) in [4.78, 5) is 15.3. The Hall–Kier alpha value is -0.870. The molecule has 2 rings (SSSR count). The molecule has 1 fully saturated rings. The molecule has 4 heteroatoms. The molecule has 1 saturated heterocycles. The molecule has 1 aromatic rings. The second kappa shape index (κ2) is 4.97. The Kier molecular flexibility index (Phi) is 3.61. The molecule has 1 aliphatic heterocycles. The molecule has 1 aromatic heterocycles. The van der Waals surface area contributed by atoms with Crippen molar-refractivity contribution in [3.63, 3.8) is 0 Å². The number of hydrogen-bond acceptors (Lipinski definition) is 3. The van der Waals surface area contributed by atoms with Gasteiger partial charge in [0.2, 0.25) is 5.91 Å². The number of nitrogens with one attached hydrogen (secondary N) is 1. The number of thiophene rings is 1. The molecule has 0 spiro atoms. The Balaban J connectivity index is 2.01. The highest BCUT2D eigenvalue weighted by atomic mass is 32.1. The van der Waals surface area contributed by atoms with Gasteiger partial charge in [-0.05, 0) is 37.8 Å². The van der Waals surface area contributed by atoms with E-state index in [0.29, 0.717) is 0 Å². The minimum atomic E-state index is 0.0346. The van der Waals surface area contributed by atoms with Gasteiger partial charge in [0.15, 0.2) is 0 Å². The third kappa shape index (κ3) is 2.28. The lowest BCUT2D eigenvalue weighted by molar-refractivity contribution is -0.133. The van der Waals surface area contributed by atoms with Crippen molar-refractivity contribution in [2.45, 2.75) is 31.8 Å². The fourth-order valence-electron chi connectivity index (χ4n) is 2.05. The van der Waals surface area contributed by atoms with Crippen molar-refractivity contribution in [3.05, 3.63) is 22.4 Å². The van der Waals surface area contributed by atoms with Crippen LogP contribution >= 0.6 is 11.3 Å². The number of likely N-dealkylation sites (N-methyl/N-ethyl adjacent to an activating group) is 1. The Morgan fingerprint density at radius 2 is 2.50 bits per heavy atom. The van der Waals surface area contributed by atoms with Crippen LogP contribution in [0.3, 0.4) is 0 Å². The van der Waals surface area contributed by atoms with Crippen molar-refractivity contribution in [1.29, 1.82) is 0 Å². The topological polar surface area (TPSA) is 32.3 Å². The van der Waals surface area contributed by atoms with Gasteiger partial charge in [-0.3, -0.25) is 4.79 Å². The van der Waals surface area contributed by atoms with Crippen molar-refractivity contribution in [1.82, 2.24) is 10.2 Å². The van der Waals surface area contributed by atoms with Gasteiger partial charge in [-0.2, -0.15) is 0 Å². The molecule has 0 aliphatic carbocycles. The number of hydrogen-bond donors (Lipinski definition) is 1. The van der Waals surface area contributed by atoms with E-state index in [-0.39, 0.29) is 18.0 Å².